The molecular weight excluding hydrogens is 412 g/mol. The van der Waals surface area contributed by atoms with Crippen LogP contribution in [0, 0.1) is 0 Å². The highest BCUT2D eigenvalue weighted by Crippen LogP contribution is 2.38. The van der Waals surface area contributed by atoms with E-state index in [1.807, 2.05) is 12.1 Å². The van der Waals surface area contributed by atoms with E-state index < -0.39 is 0 Å². The predicted molar refractivity (Wildman–Crippen MR) is 102 cm³/mol. The van der Waals surface area contributed by atoms with E-state index in [0.717, 1.165) is 36.0 Å². The Bertz CT molecular complexity index is 800. The molecule has 144 valence electrons. The fraction of sp³-hybridized carbons (Fsp3) is 0.526. The maximum absolute atomic E-state index is 12.3. The number of urea groups is 1. The molecule has 2 amide bonds. The monoisotopic (exact) mass is 434 g/mol. The van der Waals surface area contributed by atoms with Crippen LogP contribution in [0.5, 0.6) is 0 Å². The highest BCUT2D eigenvalue weighted by atomic mass is 79.9. The van der Waals surface area contributed by atoms with Crippen molar-refractivity contribution in [2.75, 3.05) is 19.8 Å². The van der Waals surface area contributed by atoms with Crippen LogP contribution in [0.2, 0.25) is 0 Å². The molecule has 0 spiro atoms. The van der Waals surface area contributed by atoms with Crippen molar-refractivity contribution in [1.29, 1.82) is 0 Å². The zero-order chi connectivity index (χ0) is 18.7. The third-order valence-electron chi connectivity index (χ3n) is 5.30. The van der Waals surface area contributed by atoms with Crippen molar-refractivity contribution in [3.05, 3.63) is 46.0 Å². The summed E-state index contributed by atoms with van der Waals surface area (Å²) in [6.45, 7) is 2.18. The van der Waals surface area contributed by atoms with Gasteiger partial charge in [0.05, 0.1) is 6.54 Å². The summed E-state index contributed by atoms with van der Waals surface area (Å²) in [7, 11) is 0. The average Bonchev–Trinajstić information content (AvgIpc) is 3.44. The molecule has 8 heteroatoms. The molecule has 1 aromatic carbocycles. The molecule has 0 unspecified atom stereocenters. The molecule has 7 nitrogen and oxygen atoms in total. The van der Waals surface area contributed by atoms with Gasteiger partial charge < -0.3 is 19.9 Å². The summed E-state index contributed by atoms with van der Waals surface area (Å²) in [5.41, 5.74) is 1.09. The van der Waals surface area contributed by atoms with E-state index in [0.29, 0.717) is 31.6 Å². The van der Waals surface area contributed by atoms with E-state index in [9.17, 15) is 4.79 Å². The summed E-state index contributed by atoms with van der Waals surface area (Å²) in [6.07, 6.45) is 3.98. The van der Waals surface area contributed by atoms with Crippen LogP contribution in [0.25, 0.3) is 0 Å². The van der Waals surface area contributed by atoms with E-state index in [4.69, 9.17) is 9.26 Å². The van der Waals surface area contributed by atoms with Crippen molar-refractivity contribution >= 4 is 22.0 Å². The van der Waals surface area contributed by atoms with Crippen LogP contribution in [-0.2, 0) is 16.7 Å². The predicted octanol–water partition coefficient (Wildman–Crippen LogP) is 3.26. The van der Waals surface area contributed by atoms with E-state index in [-0.39, 0.29) is 18.0 Å². The van der Waals surface area contributed by atoms with Gasteiger partial charge in [0.1, 0.15) is 0 Å². The number of aromatic nitrogens is 2. The van der Waals surface area contributed by atoms with Gasteiger partial charge in [0.25, 0.3) is 0 Å². The maximum atomic E-state index is 12.3. The second-order valence-electron chi connectivity index (χ2n) is 7.26. The van der Waals surface area contributed by atoms with Crippen LogP contribution >= 0.6 is 15.9 Å². The number of amides is 2. The summed E-state index contributed by atoms with van der Waals surface area (Å²) in [6, 6.07) is 8.05. The second kappa shape index (κ2) is 7.98. The van der Waals surface area contributed by atoms with Crippen molar-refractivity contribution in [2.24, 2.45) is 0 Å². The molecule has 2 heterocycles. The first kappa shape index (κ1) is 18.4. The molecular formula is C19H23BrN4O3. The van der Waals surface area contributed by atoms with Gasteiger partial charge >= 0.3 is 6.03 Å². The number of halogens is 1. The molecule has 1 aliphatic heterocycles. The molecule has 2 N–H and O–H groups in total. The van der Waals surface area contributed by atoms with Crippen LogP contribution in [0.3, 0.4) is 0 Å². The van der Waals surface area contributed by atoms with Crippen LogP contribution in [0.1, 0.15) is 48.9 Å². The first-order chi connectivity index (χ1) is 13.1. The van der Waals surface area contributed by atoms with Crippen LogP contribution in [0.4, 0.5) is 4.79 Å². The normalized spacial score (nSPS) is 18.9. The third-order valence-corrected chi connectivity index (χ3v) is 5.79. The molecule has 0 bridgehead atoms. The Labute approximate surface area is 166 Å². The lowest BCUT2D eigenvalue weighted by Gasteiger charge is -2.38. The minimum atomic E-state index is -0.234. The minimum Gasteiger partial charge on any atom is -0.381 e. The van der Waals surface area contributed by atoms with Gasteiger partial charge in [0, 0.05) is 35.6 Å². The van der Waals surface area contributed by atoms with Gasteiger partial charge in [-0.05, 0) is 43.4 Å². The molecule has 1 aliphatic carbocycles. The lowest BCUT2D eigenvalue weighted by molar-refractivity contribution is 0.0506. The molecule has 1 saturated heterocycles. The van der Waals surface area contributed by atoms with E-state index >= 15 is 0 Å². The van der Waals surface area contributed by atoms with Crippen molar-refractivity contribution in [2.45, 2.75) is 43.6 Å². The Hall–Kier alpha value is -1.93. The van der Waals surface area contributed by atoms with Gasteiger partial charge in [0.2, 0.25) is 5.89 Å². The Kier molecular flexibility index (Phi) is 5.45. The fourth-order valence-electron chi connectivity index (χ4n) is 3.46. The molecule has 0 radical (unpaired) electrons. The third kappa shape index (κ3) is 4.50. The topological polar surface area (TPSA) is 89.3 Å². The molecule has 27 heavy (non-hydrogen) atoms. The fourth-order valence-corrected chi connectivity index (χ4v) is 3.86. The smallest absolute Gasteiger partial charge is 0.315 e. The number of nitrogens with zero attached hydrogens (tertiary/aromatic N) is 2. The summed E-state index contributed by atoms with van der Waals surface area (Å²) in [5, 5.41) is 9.78. The first-order valence-corrected chi connectivity index (χ1v) is 10.1. The highest BCUT2D eigenvalue weighted by Gasteiger charge is 2.35. The van der Waals surface area contributed by atoms with E-state index in [2.05, 4.69) is 48.8 Å². The Morgan fingerprint density at radius 3 is 2.81 bits per heavy atom. The van der Waals surface area contributed by atoms with E-state index in [1.165, 1.54) is 5.56 Å². The summed E-state index contributed by atoms with van der Waals surface area (Å²) < 4.78 is 11.8. The van der Waals surface area contributed by atoms with Crippen LogP contribution < -0.4 is 10.6 Å². The number of rotatable bonds is 6. The second-order valence-corrected chi connectivity index (χ2v) is 8.18. The number of carbonyl (C=O) groups excluding carboxylic acids is 1. The molecule has 2 aromatic rings. The zero-order valence-corrected chi connectivity index (χ0v) is 16.6. The van der Waals surface area contributed by atoms with Gasteiger partial charge in [-0.3, -0.25) is 0 Å². The van der Waals surface area contributed by atoms with Crippen molar-refractivity contribution < 1.29 is 14.1 Å². The quantitative estimate of drug-likeness (QED) is 0.727. The number of ether oxygens (including phenoxy) is 1. The standard InChI is InChI=1S/C19H23BrN4O3/c20-15-3-1-2-14(10-15)19(6-8-26-9-7-19)12-22-18(25)21-11-16-23-17(24-27-16)13-4-5-13/h1-3,10,13H,4-9,11-12H2,(H2,21,22,25). The molecule has 4 rings (SSSR count). The SMILES string of the molecule is O=C(NCc1nc(C2CC2)no1)NCC1(c2cccc(Br)c2)CCOCC1. The van der Waals surface area contributed by atoms with Gasteiger partial charge in [-0.25, -0.2) is 4.79 Å². The summed E-state index contributed by atoms with van der Waals surface area (Å²) in [4.78, 5) is 16.6. The number of hydrogen-bond acceptors (Lipinski definition) is 5. The molecule has 2 fully saturated rings. The Morgan fingerprint density at radius 2 is 2.07 bits per heavy atom. The first-order valence-electron chi connectivity index (χ1n) is 9.33. The van der Waals surface area contributed by atoms with Gasteiger partial charge in [-0.2, -0.15) is 4.98 Å². The zero-order valence-electron chi connectivity index (χ0n) is 15.0. The Balaban J connectivity index is 1.34. The lowest BCUT2D eigenvalue weighted by atomic mass is 9.74. The van der Waals surface area contributed by atoms with Crippen molar-refractivity contribution in [3.8, 4) is 0 Å². The maximum Gasteiger partial charge on any atom is 0.315 e. The molecule has 2 aliphatic rings. The largest absolute Gasteiger partial charge is 0.381 e. The number of hydrogen-bond donors (Lipinski definition) is 2. The molecule has 1 saturated carbocycles. The highest BCUT2D eigenvalue weighted by molar-refractivity contribution is 9.10. The van der Waals surface area contributed by atoms with Gasteiger partial charge in [0.15, 0.2) is 5.82 Å². The van der Waals surface area contributed by atoms with Gasteiger partial charge in [-0.15, -0.1) is 0 Å². The minimum absolute atomic E-state index is 0.122. The number of nitrogens with one attached hydrogen (secondary N) is 2. The lowest BCUT2D eigenvalue weighted by Crippen LogP contribution is -2.47. The van der Waals surface area contributed by atoms with E-state index in [1.54, 1.807) is 0 Å². The number of carbonyl (C=O) groups is 1. The van der Waals surface area contributed by atoms with Crippen LogP contribution in [-0.4, -0.2) is 35.9 Å². The Morgan fingerprint density at radius 1 is 1.26 bits per heavy atom. The summed E-state index contributed by atoms with van der Waals surface area (Å²) >= 11 is 3.55. The van der Waals surface area contributed by atoms with Crippen LogP contribution in [0.15, 0.2) is 33.3 Å². The average molecular weight is 435 g/mol. The number of benzene rings is 1. The van der Waals surface area contributed by atoms with Gasteiger partial charge in [-0.1, -0.05) is 33.2 Å². The molecule has 1 aromatic heterocycles. The molecule has 0 atom stereocenters. The van der Waals surface area contributed by atoms with Crippen molar-refractivity contribution in [1.82, 2.24) is 20.8 Å². The summed E-state index contributed by atoms with van der Waals surface area (Å²) in [5.74, 6) is 1.64. The van der Waals surface area contributed by atoms with Crippen molar-refractivity contribution in [3.63, 3.8) is 0 Å².